The number of hydrogen-bond donors (Lipinski definition) is 0. The molecule has 0 radical (unpaired) electrons. The second kappa shape index (κ2) is 9.57. The summed E-state index contributed by atoms with van der Waals surface area (Å²) in [5.41, 5.74) is 0.152. The first-order valence-corrected chi connectivity index (χ1v) is 11.7. The summed E-state index contributed by atoms with van der Waals surface area (Å²) in [6, 6.07) is 11.5. The third kappa shape index (κ3) is 4.89. The first kappa shape index (κ1) is 23.3. The molecule has 1 aromatic heterocycles. The minimum absolute atomic E-state index is 0.0306. The molecule has 3 aromatic rings. The zero-order valence-corrected chi connectivity index (χ0v) is 19.0. The SMILES string of the molecule is Cc1nc(COc2ccccc2C(=O)N2CCN(S(=O)(=O)c3ccc([N+](=O)[O-])cc3)CC2)no1. The predicted molar refractivity (Wildman–Crippen MR) is 118 cm³/mol. The van der Waals surface area contributed by atoms with E-state index in [1.807, 2.05) is 0 Å². The molecule has 13 heteroatoms. The van der Waals surface area contributed by atoms with E-state index in [0.29, 0.717) is 23.0 Å². The van der Waals surface area contributed by atoms with E-state index in [-0.39, 0.29) is 49.3 Å². The van der Waals surface area contributed by atoms with Gasteiger partial charge in [0.05, 0.1) is 15.4 Å². The minimum atomic E-state index is -3.84. The normalized spacial score (nSPS) is 14.7. The van der Waals surface area contributed by atoms with Crippen LogP contribution in [-0.4, -0.2) is 64.8 Å². The third-order valence-electron chi connectivity index (χ3n) is 5.26. The molecule has 34 heavy (non-hydrogen) atoms. The number of nitro groups is 1. The largest absolute Gasteiger partial charge is 0.485 e. The highest BCUT2D eigenvalue weighted by Gasteiger charge is 2.31. The number of para-hydroxylation sites is 1. The number of rotatable bonds is 7. The van der Waals surface area contributed by atoms with Crippen molar-refractivity contribution in [1.82, 2.24) is 19.3 Å². The smallest absolute Gasteiger partial charge is 0.269 e. The Balaban J connectivity index is 1.41. The van der Waals surface area contributed by atoms with Gasteiger partial charge < -0.3 is 14.2 Å². The average molecular weight is 487 g/mol. The topological polar surface area (TPSA) is 149 Å². The van der Waals surface area contributed by atoms with Gasteiger partial charge in [-0.2, -0.15) is 9.29 Å². The number of aromatic nitrogens is 2. The summed E-state index contributed by atoms with van der Waals surface area (Å²) in [4.78, 5) is 28.9. The van der Waals surface area contributed by atoms with Crippen molar-refractivity contribution in [2.24, 2.45) is 0 Å². The van der Waals surface area contributed by atoms with Gasteiger partial charge in [0.2, 0.25) is 21.7 Å². The summed E-state index contributed by atoms with van der Waals surface area (Å²) in [5.74, 6) is 0.831. The van der Waals surface area contributed by atoms with Gasteiger partial charge in [0.1, 0.15) is 5.75 Å². The van der Waals surface area contributed by atoms with Crippen LogP contribution in [0.3, 0.4) is 0 Å². The number of nitrogens with zero attached hydrogens (tertiary/aromatic N) is 5. The summed E-state index contributed by atoms with van der Waals surface area (Å²) in [7, 11) is -3.84. The van der Waals surface area contributed by atoms with Gasteiger partial charge in [0.15, 0.2) is 6.61 Å². The van der Waals surface area contributed by atoms with Crippen molar-refractivity contribution >= 4 is 21.6 Å². The van der Waals surface area contributed by atoms with Crippen molar-refractivity contribution in [2.75, 3.05) is 26.2 Å². The molecule has 1 fully saturated rings. The number of amides is 1. The third-order valence-corrected chi connectivity index (χ3v) is 7.17. The van der Waals surface area contributed by atoms with Gasteiger partial charge in [-0.05, 0) is 24.3 Å². The number of carbonyl (C=O) groups excluding carboxylic acids is 1. The number of hydrogen-bond acceptors (Lipinski definition) is 9. The Morgan fingerprint density at radius 2 is 1.79 bits per heavy atom. The molecule has 0 unspecified atom stereocenters. The molecule has 0 spiro atoms. The molecule has 0 atom stereocenters. The quantitative estimate of drug-likeness (QED) is 0.360. The van der Waals surface area contributed by atoms with Crippen LogP contribution in [0.1, 0.15) is 22.1 Å². The van der Waals surface area contributed by atoms with E-state index in [9.17, 15) is 23.3 Å². The average Bonchev–Trinajstić information content (AvgIpc) is 3.27. The van der Waals surface area contributed by atoms with E-state index in [2.05, 4.69) is 10.1 Å². The fourth-order valence-electron chi connectivity index (χ4n) is 3.50. The maximum atomic E-state index is 13.1. The van der Waals surface area contributed by atoms with E-state index in [0.717, 1.165) is 12.1 Å². The molecule has 2 aromatic carbocycles. The lowest BCUT2D eigenvalue weighted by atomic mass is 10.1. The van der Waals surface area contributed by atoms with Crippen molar-refractivity contribution in [3.63, 3.8) is 0 Å². The monoisotopic (exact) mass is 487 g/mol. The maximum absolute atomic E-state index is 13.1. The van der Waals surface area contributed by atoms with Gasteiger partial charge in [0.25, 0.3) is 11.6 Å². The van der Waals surface area contributed by atoms with Gasteiger partial charge in [-0.25, -0.2) is 8.42 Å². The van der Waals surface area contributed by atoms with Crippen LogP contribution in [0.25, 0.3) is 0 Å². The zero-order valence-electron chi connectivity index (χ0n) is 18.2. The van der Waals surface area contributed by atoms with Gasteiger partial charge in [-0.3, -0.25) is 14.9 Å². The van der Waals surface area contributed by atoms with E-state index < -0.39 is 14.9 Å². The van der Waals surface area contributed by atoms with Crippen LogP contribution in [0.5, 0.6) is 5.75 Å². The van der Waals surface area contributed by atoms with Gasteiger partial charge >= 0.3 is 0 Å². The van der Waals surface area contributed by atoms with Crippen molar-refractivity contribution in [2.45, 2.75) is 18.4 Å². The molecule has 0 N–H and O–H groups in total. The lowest BCUT2D eigenvalue weighted by Gasteiger charge is -2.34. The van der Waals surface area contributed by atoms with E-state index in [1.165, 1.54) is 16.4 Å². The predicted octanol–water partition coefficient (Wildman–Crippen LogP) is 2.01. The van der Waals surface area contributed by atoms with E-state index >= 15 is 0 Å². The molecule has 12 nitrogen and oxygen atoms in total. The second-order valence-corrected chi connectivity index (χ2v) is 9.40. The number of sulfonamides is 1. The molecule has 178 valence electrons. The van der Waals surface area contributed by atoms with Crippen molar-refractivity contribution < 1.29 is 27.4 Å². The van der Waals surface area contributed by atoms with Crippen LogP contribution in [0.4, 0.5) is 5.69 Å². The zero-order chi connectivity index (χ0) is 24.3. The lowest BCUT2D eigenvalue weighted by Crippen LogP contribution is -2.50. The lowest BCUT2D eigenvalue weighted by molar-refractivity contribution is -0.384. The Labute approximate surface area is 194 Å². The molecule has 1 aliphatic heterocycles. The number of nitro benzene ring substituents is 1. The molecule has 1 saturated heterocycles. The summed E-state index contributed by atoms with van der Waals surface area (Å²) in [5, 5.41) is 14.6. The first-order chi connectivity index (χ1) is 16.3. The van der Waals surface area contributed by atoms with Crippen molar-refractivity contribution in [3.05, 3.63) is 75.9 Å². The molecular weight excluding hydrogens is 466 g/mol. The van der Waals surface area contributed by atoms with E-state index in [4.69, 9.17) is 9.26 Å². The molecule has 0 bridgehead atoms. The number of benzene rings is 2. The fraction of sp³-hybridized carbons (Fsp3) is 0.286. The molecular formula is C21H21N5O7S. The summed E-state index contributed by atoms with van der Waals surface area (Å²) < 4.78 is 37.7. The summed E-state index contributed by atoms with van der Waals surface area (Å²) >= 11 is 0. The minimum Gasteiger partial charge on any atom is -0.485 e. The van der Waals surface area contributed by atoms with Gasteiger partial charge in [-0.15, -0.1) is 0 Å². The molecule has 1 amide bonds. The Morgan fingerprint density at radius 3 is 2.41 bits per heavy atom. The van der Waals surface area contributed by atoms with Crippen molar-refractivity contribution in [1.29, 1.82) is 0 Å². The highest BCUT2D eigenvalue weighted by atomic mass is 32.2. The first-order valence-electron chi connectivity index (χ1n) is 10.3. The molecule has 1 aliphatic rings. The molecule has 4 rings (SSSR count). The number of non-ortho nitro benzene ring substituents is 1. The number of aryl methyl sites for hydroxylation is 1. The van der Waals surface area contributed by atoms with Crippen LogP contribution in [0.2, 0.25) is 0 Å². The molecule has 0 saturated carbocycles. The second-order valence-electron chi connectivity index (χ2n) is 7.46. The highest BCUT2D eigenvalue weighted by Crippen LogP contribution is 2.24. The van der Waals surface area contributed by atoms with Crippen LogP contribution in [-0.2, 0) is 16.6 Å². The number of carbonyl (C=O) groups is 1. The summed E-state index contributed by atoms with van der Waals surface area (Å²) in [6.07, 6.45) is 0. The van der Waals surface area contributed by atoms with Gasteiger partial charge in [-0.1, -0.05) is 17.3 Å². The molecule has 0 aliphatic carbocycles. The van der Waals surface area contributed by atoms with Crippen LogP contribution >= 0.6 is 0 Å². The maximum Gasteiger partial charge on any atom is 0.269 e. The Morgan fingerprint density at radius 1 is 1.12 bits per heavy atom. The Hall–Kier alpha value is -3.84. The molecule has 2 heterocycles. The summed E-state index contributed by atoms with van der Waals surface area (Å²) in [6.45, 7) is 2.25. The van der Waals surface area contributed by atoms with Crippen LogP contribution in [0.15, 0.2) is 57.9 Å². The van der Waals surface area contributed by atoms with Crippen molar-refractivity contribution in [3.8, 4) is 5.75 Å². The van der Waals surface area contributed by atoms with Gasteiger partial charge in [0, 0.05) is 45.2 Å². The number of ether oxygens (including phenoxy) is 1. The standard InChI is InChI=1S/C21H21N5O7S/c1-15-22-20(23-33-15)14-32-19-5-3-2-4-18(19)21(27)24-10-12-25(13-11-24)34(30,31)17-8-6-16(7-9-17)26(28)29/h2-9H,10-14H2,1H3. The van der Waals surface area contributed by atoms with Crippen LogP contribution in [0, 0.1) is 17.0 Å². The van der Waals surface area contributed by atoms with E-state index in [1.54, 1.807) is 36.1 Å². The number of piperazine rings is 1. The Kier molecular flexibility index (Phi) is 6.56. The Bertz CT molecular complexity index is 1300. The van der Waals surface area contributed by atoms with Crippen LogP contribution < -0.4 is 4.74 Å². The highest BCUT2D eigenvalue weighted by molar-refractivity contribution is 7.89. The fourth-order valence-corrected chi connectivity index (χ4v) is 4.92.